The first-order chi connectivity index (χ1) is 10.2. The van der Waals surface area contributed by atoms with Crippen LogP contribution in [-0.2, 0) is 12.8 Å². The number of urea groups is 1. The van der Waals surface area contributed by atoms with Gasteiger partial charge in [-0.3, -0.25) is 0 Å². The van der Waals surface area contributed by atoms with Crippen molar-refractivity contribution in [3.63, 3.8) is 0 Å². The summed E-state index contributed by atoms with van der Waals surface area (Å²) in [7, 11) is 0. The summed E-state index contributed by atoms with van der Waals surface area (Å²) in [5.74, 6) is 1.68. The molecule has 1 saturated carbocycles. The van der Waals surface area contributed by atoms with Crippen molar-refractivity contribution in [2.24, 2.45) is 11.8 Å². The fourth-order valence-electron chi connectivity index (χ4n) is 3.80. The predicted molar refractivity (Wildman–Crippen MR) is 86.6 cm³/mol. The summed E-state index contributed by atoms with van der Waals surface area (Å²) in [6.07, 6.45) is 8.69. The number of carbonyl (C=O) groups is 1. The van der Waals surface area contributed by atoms with Crippen LogP contribution in [0.3, 0.4) is 0 Å². The Balaban J connectivity index is 1.42. The molecule has 0 aliphatic heterocycles. The van der Waals surface area contributed by atoms with E-state index in [4.69, 9.17) is 0 Å². The second kappa shape index (κ2) is 6.50. The highest BCUT2D eigenvalue weighted by Crippen LogP contribution is 2.32. The normalized spacial score (nSPS) is 23.9. The number of amides is 2. The first-order valence-electron chi connectivity index (χ1n) is 8.37. The Kier molecular flexibility index (Phi) is 4.47. The molecule has 2 unspecified atom stereocenters. The topological polar surface area (TPSA) is 41.1 Å². The molecule has 2 atom stereocenters. The lowest BCUT2D eigenvalue weighted by molar-refractivity contribution is 0.251. The number of rotatable bonds is 4. The zero-order chi connectivity index (χ0) is 14.7. The monoisotopic (exact) mass is 286 g/mol. The van der Waals surface area contributed by atoms with Gasteiger partial charge >= 0.3 is 6.03 Å². The zero-order valence-electron chi connectivity index (χ0n) is 13.0. The number of hydrogen-bond acceptors (Lipinski definition) is 1. The Labute approximate surface area is 127 Å². The van der Waals surface area contributed by atoms with Crippen LogP contribution in [0.1, 0.15) is 50.2 Å². The largest absolute Gasteiger partial charge is 0.338 e. The molecule has 3 nitrogen and oxygen atoms in total. The van der Waals surface area contributed by atoms with E-state index in [0.717, 1.165) is 36.9 Å². The van der Waals surface area contributed by atoms with E-state index in [-0.39, 0.29) is 6.03 Å². The quantitative estimate of drug-likeness (QED) is 0.858. The Hall–Kier alpha value is -1.51. The predicted octanol–water partition coefficient (Wildman–Crippen LogP) is 4.12. The maximum atomic E-state index is 11.9. The number of hydrogen-bond donors (Lipinski definition) is 2. The van der Waals surface area contributed by atoms with E-state index < -0.39 is 0 Å². The van der Waals surface area contributed by atoms with Crippen molar-refractivity contribution in [2.75, 3.05) is 11.9 Å². The van der Waals surface area contributed by atoms with Crippen LogP contribution in [0.2, 0.25) is 0 Å². The van der Waals surface area contributed by atoms with Gasteiger partial charge in [0.2, 0.25) is 0 Å². The lowest BCUT2D eigenvalue weighted by Gasteiger charge is -2.12. The highest BCUT2D eigenvalue weighted by molar-refractivity contribution is 5.89. The van der Waals surface area contributed by atoms with Crippen molar-refractivity contribution in [3.8, 4) is 0 Å². The molecule has 1 aromatic carbocycles. The van der Waals surface area contributed by atoms with Crippen LogP contribution >= 0.6 is 0 Å². The number of benzene rings is 1. The minimum absolute atomic E-state index is 0.0704. The van der Waals surface area contributed by atoms with Gasteiger partial charge in [-0.05, 0) is 67.2 Å². The molecule has 21 heavy (non-hydrogen) atoms. The van der Waals surface area contributed by atoms with Gasteiger partial charge in [0.15, 0.2) is 0 Å². The van der Waals surface area contributed by atoms with E-state index in [1.54, 1.807) is 0 Å². The molecule has 3 heteroatoms. The lowest BCUT2D eigenvalue weighted by Crippen LogP contribution is -2.30. The standard InChI is InChI=1S/C18H26N2O/c1-13-5-6-14(11-13)9-10-19-18(21)20-17-8-7-15-3-2-4-16(15)12-17/h7-8,12-14H,2-6,9-11H2,1H3,(H2,19,20,21). The summed E-state index contributed by atoms with van der Waals surface area (Å²) in [5, 5.41) is 5.95. The average molecular weight is 286 g/mol. The van der Waals surface area contributed by atoms with Crippen LogP contribution in [0, 0.1) is 11.8 Å². The second-order valence-electron chi connectivity index (χ2n) is 6.79. The molecule has 0 heterocycles. The molecule has 1 fully saturated rings. The van der Waals surface area contributed by atoms with Crippen LogP contribution in [0.5, 0.6) is 0 Å². The van der Waals surface area contributed by atoms with Crippen molar-refractivity contribution >= 4 is 11.7 Å². The Morgan fingerprint density at radius 1 is 1.24 bits per heavy atom. The summed E-state index contributed by atoms with van der Waals surface area (Å²) in [6, 6.07) is 6.22. The Bertz CT molecular complexity index is 512. The van der Waals surface area contributed by atoms with Gasteiger partial charge in [-0.25, -0.2) is 4.79 Å². The van der Waals surface area contributed by atoms with Crippen LogP contribution in [0.25, 0.3) is 0 Å². The van der Waals surface area contributed by atoms with E-state index in [1.807, 2.05) is 6.07 Å². The number of aryl methyl sites for hydroxylation is 2. The first kappa shape index (κ1) is 14.4. The minimum Gasteiger partial charge on any atom is -0.338 e. The SMILES string of the molecule is CC1CCC(CCNC(=O)Nc2ccc3c(c2)CCC3)C1. The van der Waals surface area contributed by atoms with Crippen molar-refractivity contribution in [1.29, 1.82) is 0 Å². The molecule has 2 N–H and O–H groups in total. The third kappa shape index (κ3) is 3.78. The first-order valence-corrected chi connectivity index (χ1v) is 8.37. The molecule has 3 rings (SSSR count). The summed E-state index contributed by atoms with van der Waals surface area (Å²) in [4.78, 5) is 11.9. The summed E-state index contributed by atoms with van der Waals surface area (Å²) >= 11 is 0. The number of carbonyl (C=O) groups excluding carboxylic acids is 1. The maximum Gasteiger partial charge on any atom is 0.319 e. The highest BCUT2D eigenvalue weighted by atomic mass is 16.2. The van der Waals surface area contributed by atoms with Gasteiger partial charge in [-0.15, -0.1) is 0 Å². The molecule has 1 aromatic rings. The molecule has 0 radical (unpaired) electrons. The van der Waals surface area contributed by atoms with Gasteiger partial charge in [0.1, 0.15) is 0 Å². The number of nitrogens with one attached hydrogen (secondary N) is 2. The maximum absolute atomic E-state index is 11.9. The molecule has 0 saturated heterocycles. The molecule has 2 aliphatic rings. The number of fused-ring (bicyclic) bond motifs is 1. The van der Waals surface area contributed by atoms with E-state index >= 15 is 0 Å². The van der Waals surface area contributed by atoms with Crippen molar-refractivity contribution in [2.45, 2.75) is 51.9 Å². The smallest absolute Gasteiger partial charge is 0.319 e. The summed E-state index contributed by atoms with van der Waals surface area (Å²) in [6.45, 7) is 3.11. The van der Waals surface area contributed by atoms with Crippen LogP contribution in [0.4, 0.5) is 10.5 Å². The van der Waals surface area contributed by atoms with E-state index in [2.05, 4.69) is 29.7 Å². The fourth-order valence-corrected chi connectivity index (χ4v) is 3.80. The van der Waals surface area contributed by atoms with Gasteiger partial charge in [-0.1, -0.05) is 25.8 Å². The van der Waals surface area contributed by atoms with E-state index in [9.17, 15) is 4.79 Å². The second-order valence-corrected chi connectivity index (χ2v) is 6.79. The van der Waals surface area contributed by atoms with Crippen molar-refractivity contribution in [3.05, 3.63) is 29.3 Å². The third-order valence-corrected chi connectivity index (χ3v) is 5.00. The Morgan fingerprint density at radius 3 is 2.90 bits per heavy atom. The van der Waals surface area contributed by atoms with Gasteiger partial charge in [0, 0.05) is 12.2 Å². The van der Waals surface area contributed by atoms with Gasteiger partial charge < -0.3 is 10.6 Å². The molecular formula is C18H26N2O. The lowest BCUT2D eigenvalue weighted by atomic mass is 10.0. The fraction of sp³-hybridized carbons (Fsp3) is 0.611. The highest BCUT2D eigenvalue weighted by Gasteiger charge is 2.20. The molecule has 0 bridgehead atoms. The summed E-state index contributed by atoms with van der Waals surface area (Å²) < 4.78 is 0. The molecule has 2 amide bonds. The van der Waals surface area contributed by atoms with Crippen LogP contribution in [0.15, 0.2) is 18.2 Å². The van der Waals surface area contributed by atoms with Crippen LogP contribution < -0.4 is 10.6 Å². The van der Waals surface area contributed by atoms with Crippen molar-refractivity contribution in [1.82, 2.24) is 5.32 Å². The molecule has 0 aromatic heterocycles. The average Bonchev–Trinajstić information content (AvgIpc) is 3.07. The third-order valence-electron chi connectivity index (χ3n) is 5.00. The minimum atomic E-state index is -0.0704. The van der Waals surface area contributed by atoms with Gasteiger partial charge in [-0.2, -0.15) is 0 Å². The van der Waals surface area contributed by atoms with Gasteiger partial charge in [0.05, 0.1) is 0 Å². The van der Waals surface area contributed by atoms with E-state index in [1.165, 1.54) is 43.2 Å². The zero-order valence-corrected chi connectivity index (χ0v) is 13.0. The molecular weight excluding hydrogens is 260 g/mol. The van der Waals surface area contributed by atoms with Crippen molar-refractivity contribution < 1.29 is 4.79 Å². The molecule has 114 valence electrons. The van der Waals surface area contributed by atoms with Gasteiger partial charge in [0.25, 0.3) is 0 Å². The molecule has 2 aliphatic carbocycles. The Morgan fingerprint density at radius 2 is 2.10 bits per heavy atom. The molecule has 0 spiro atoms. The summed E-state index contributed by atoms with van der Waals surface area (Å²) in [5.41, 5.74) is 3.76. The van der Waals surface area contributed by atoms with Crippen LogP contribution in [-0.4, -0.2) is 12.6 Å². The number of anilines is 1. The van der Waals surface area contributed by atoms with E-state index in [0.29, 0.717) is 0 Å².